The minimum atomic E-state index is -0.835. The van der Waals surface area contributed by atoms with E-state index in [9.17, 15) is 19.7 Å². The van der Waals surface area contributed by atoms with E-state index in [4.69, 9.17) is 16.3 Å². The Morgan fingerprint density at radius 1 is 1.48 bits per heavy atom. The van der Waals surface area contributed by atoms with Crippen LogP contribution in [0.25, 0.3) is 0 Å². The monoisotopic (exact) mass is 316 g/mol. The SMILES string of the molecule is CCOc1c(C(=O)OC)cc(Cl)c(NC(C)=O)c1[N+](=O)[O-]. The van der Waals surface area contributed by atoms with Crippen LogP contribution in [-0.4, -0.2) is 30.5 Å². The van der Waals surface area contributed by atoms with Gasteiger partial charge in [0.2, 0.25) is 11.7 Å². The predicted octanol–water partition coefficient (Wildman–Crippen LogP) is 2.39. The number of carbonyl (C=O) groups excluding carboxylic acids is 2. The molecule has 0 saturated heterocycles. The Balaban J connectivity index is 3.69. The van der Waals surface area contributed by atoms with E-state index in [1.54, 1.807) is 6.92 Å². The molecule has 0 aromatic heterocycles. The Hall–Kier alpha value is -2.35. The molecule has 0 saturated carbocycles. The number of ether oxygens (including phenoxy) is 2. The summed E-state index contributed by atoms with van der Waals surface area (Å²) in [7, 11) is 1.12. The molecule has 0 atom stereocenters. The van der Waals surface area contributed by atoms with Crippen molar-refractivity contribution in [3.8, 4) is 5.75 Å². The van der Waals surface area contributed by atoms with E-state index >= 15 is 0 Å². The molecule has 0 aliphatic rings. The quantitative estimate of drug-likeness (QED) is 0.507. The molecule has 0 aliphatic carbocycles. The van der Waals surface area contributed by atoms with Crippen molar-refractivity contribution < 1.29 is 24.0 Å². The van der Waals surface area contributed by atoms with Gasteiger partial charge in [-0.1, -0.05) is 11.6 Å². The number of esters is 1. The van der Waals surface area contributed by atoms with Crippen molar-refractivity contribution >= 4 is 34.9 Å². The van der Waals surface area contributed by atoms with Gasteiger partial charge in [-0.25, -0.2) is 4.79 Å². The molecule has 0 unspecified atom stereocenters. The van der Waals surface area contributed by atoms with E-state index in [1.165, 1.54) is 6.92 Å². The first-order valence-corrected chi connectivity index (χ1v) is 6.20. The van der Waals surface area contributed by atoms with Crippen LogP contribution in [0.2, 0.25) is 5.02 Å². The molecule has 1 amide bonds. The highest BCUT2D eigenvalue weighted by atomic mass is 35.5. The third-order valence-corrected chi connectivity index (χ3v) is 2.68. The van der Waals surface area contributed by atoms with Crippen molar-refractivity contribution in [2.45, 2.75) is 13.8 Å². The fraction of sp³-hybridized carbons (Fsp3) is 0.333. The average molecular weight is 317 g/mol. The molecular weight excluding hydrogens is 304 g/mol. The summed E-state index contributed by atoms with van der Waals surface area (Å²) >= 11 is 5.91. The smallest absolute Gasteiger partial charge is 0.341 e. The second-order valence-electron chi connectivity index (χ2n) is 3.82. The number of carbonyl (C=O) groups is 2. The summed E-state index contributed by atoms with van der Waals surface area (Å²) < 4.78 is 9.72. The number of nitrogens with zero attached hydrogens (tertiary/aromatic N) is 1. The zero-order valence-electron chi connectivity index (χ0n) is 11.6. The highest BCUT2D eigenvalue weighted by Crippen LogP contribution is 2.43. The summed E-state index contributed by atoms with van der Waals surface area (Å²) in [5.41, 5.74) is -1.02. The minimum absolute atomic E-state index is 0.0754. The lowest BCUT2D eigenvalue weighted by Crippen LogP contribution is -2.13. The van der Waals surface area contributed by atoms with Crippen LogP contribution in [0, 0.1) is 10.1 Å². The van der Waals surface area contributed by atoms with Crippen molar-refractivity contribution in [2.75, 3.05) is 19.0 Å². The van der Waals surface area contributed by atoms with Crippen LogP contribution in [0.3, 0.4) is 0 Å². The molecule has 21 heavy (non-hydrogen) atoms. The summed E-state index contributed by atoms with van der Waals surface area (Å²) in [5, 5.41) is 13.4. The van der Waals surface area contributed by atoms with Gasteiger partial charge >= 0.3 is 11.7 Å². The molecule has 9 heteroatoms. The number of hydrogen-bond acceptors (Lipinski definition) is 6. The maximum atomic E-state index is 11.7. The number of halogens is 1. The van der Waals surface area contributed by atoms with Crippen LogP contribution >= 0.6 is 11.6 Å². The number of benzene rings is 1. The average Bonchev–Trinajstić information content (AvgIpc) is 2.40. The lowest BCUT2D eigenvalue weighted by molar-refractivity contribution is -0.384. The molecule has 0 aliphatic heterocycles. The molecule has 0 fully saturated rings. The number of nitrogens with one attached hydrogen (secondary N) is 1. The van der Waals surface area contributed by atoms with E-state index in [0.29, 0.717) is 0 Å². The topological polar surface area (TPSA) is 108 Å². The van der Waals surface area contributed by atoms with Crippen LogP contribution in [0.1, 0.15) is 24.2 Å². The van der Waals surface area contributed by atoms with E-state index < -0.39 is 22.5 Å². The van der Waals surface area contributed by atoms with Gasteiger partial charge in [-0.2, -0.15) is 0 Å². The van der Waals surface area contributed by atoms with Crippen LogP contribution in [-0.2, 0) is 9.53 Å². The number of methoxy groups -OCH3 is 1. The van der Waals surface area contributed by atoms with Crippen LogP contribution in [0.4, 0.5) is 11.4 Å². The molecule has 8 nitrogen and oxygen atoms in total. The Bertz CT molecular complexity index is 602. The second kappa shape index (κ2) is 6.89. The number of hydrogen-bond donors (Lipinski definition) is 1. The van der Waals surface area contributed by atoms with E-state index in [2.05, 4.69) is 10.1 Å². The number of nitro benzene ring substituents is 1. The fourth-order valence-electron chi connectivity index (χ4n) is 1.64. The third kappa shape index (κ3) is 3.60. The molecule has 114 valence electrons. The predicted molar refractivity (Wildman–Crippen MR) is 74.9 cm³/mol. The molecule has 1 aromatic carbocycles. The molecule has 0 heterocycles. The number of nitro groups is 1. The van der Waals surface area contributed by atoms with Crippen LogP contribution < -0.4 is 10.1 Å². The van der Waals surface area contributed by atoms with E-state index in [1.807, 2.05) is 0 Å². The van der Waals surface area contributed by atoms with E-state index in [-0.39, 0.29) is 28.6 Å². The maximum absolute atomic E-state index is 11.7. The summed E-state index contributed by atoms with van der Waals surface area (Å²) in [6.45, 7) is 2.85. The third-order valence-electron chi connectivity index (χ3n) is 2.38. The zero-order valence-corrected chi connectivity index (χ0v) is 12.3. The normalized spacial score (nSPS) is 9.90. The summed E-state index contributed by atoms with van der Waals surface area (Å²) in [5.74, 6) is -1.69. The van der Waals surface area contributed by atoms with Gasteiger partial charge in [-0.3, -0.25) is 14.9 Å². The van der Waals surface area contributed by atoms with Gasteiger partial charge in [0.1, 0.15) is 11.3 Å². The Morgan fingerprint density at radius 2 is 2.10 bits per heavy atom. The van der Waals surface area contributed by atoms with Crippen molar-refractivity contribution in [3.05, 3.63) is 26.8 Å². The number of anilines is 1. The molecule has 1 aromatic rings. The highest BCUT2D eigenvalue weighted by molar-refractivity contribution is 6.35. The first-order chi connectivity index (χ1) is 9.83. The summed E-state index contributed by atoms with van der Waals surface area (Å²) in [4.78, 5) is 33.4. The summed E-state index contributed by atoms with van der Waals surface area (Å²) in [6.07, 6.45) is 0. The van der Waals surface area contributed by atoms with Crippen molar-refractivity contribution in [2.24, 2.45) is 0 Å². The lowest BCUT2D eigenvalue weighted by Gasteiger charge is -2.13. The first kappa shape index (κ1) is 16.7. The van der Waals surface area contributed by atoms with Crippen molar-refractivity contribution in [1.82, 2.24) is 0 Å². The van der Waals surface area contributed by atoms with Gasteiger partial charge in [0.25, 0.3) is 0 Å². The first-order valence-electron chi connectivity index (χ1n) is 5.83. The highest BCUT2D eigenvalue weighted by Gasteiger charge is 2.31. The van der Waals surface area contributed by atoms with Gasteiger partial charge in [0.05, 0.1) is 23.7 Å². The van der Waals surface area contributed by atoms with Gasteiger partial charge < -0.3 is 14.8 Å². The fourth-order valence-corrected chi connectivity index (χ4v) is 1.89. The molecule has 1 rings (SSSR count). The van der Waals surface area contributed by atoms with Gasteiger partial charge in [0, 0.05) is 6.92 Å². The molecule has 0 bridgehead atoms. The molecule has 0 radical (unpaired) electrons. The second-order valence-corrected chi connectivity index (χ2v) is 4.23. The van der Waals surface area contributed by atoms with Gasteiger partial charge in [-0.15, -0.1) is 0 Å². The van der Waals surface area contributed by atoms with Crippen molar-refractivity contribution in [3.63, 3.8) is 0 Å². The molecular formula is C12H13ClN2O6. The molecule has 1 N–H and O–H groups in total. The van der Waals surface area contributed by atoms with Gasteiger partial charge in [-0.05, 0) is 13.0 Å². The Labute approximate surface area is 125 Å². The van der Waals surface area contributed by atoms with E-state index in [0.717, 1.165) is 13.2 Å². The van der Waals surface area contributed by atoms with Crippen LogP contribution in [0.5, 0.6) is 5.75 Å². The maximum Gasteiger partial charge on any atom is 0.341 e. The van der Waals surface area contributed by atoms with Crippen molar-refractivity contribution in [1.29, 1.82) is 0 Å². The Kier molecular flexibility index (Phi) is 5.48. The van der Waals surface area contributed by atoms with Crippen LogP contribution in [0.15, 0.2) is 6.07 Å². The standard InChI is InChI=1S/C12H13ClN2O6/c1-4-21-11-7(12(17)20-3)5-8(13)9(14-6(2)16)10(11)15(18)19/h5H,4H2,1-3H3,(H,14,16). The summed E-state index contributed by atoms with van der Waals surface area (Å²) in [6, 6.07) is 1.15. The number of rotatable bonds is 5. The zero-order chi connectivity index (χ0) is 16.2. The number of amides is 1. The Morgan fingerprint density at radius 3 is 2.52 bits per heavy atom. The lowest BCUT2D eigenvalue weighted by atomic mass is 10.1. The largest absolute Gasteiger partial charge is 0.486 e. The molecule has 0 spiro atoms. The van der Waals surface area contributed by atoms with Gasteiger partial charge in [0.15, 0.2) is 0 Å². The minimum Gasteiger partial charge on any atom is -0.486 e.